The highest BCUT2D eigenvalue weighted by molar-refractivity contribution is 5.88. The molecule has 0 aromatic carbocycles. The molecule has 0 aliphatic heterocycles. The molecule has 0 atom stereocenters. The molecule has 1 rings (SSSR count). The minimum Gasteiger partial charge on any atom is -0.294 e. The average molecular weight is 157 g/mol. The summed E-state index contributed by atoms with van der Waals surface area (Å²) in [5.41, 5.74) is 0. The summed E-state index contributed by atoms with van der Waals surface area (Å²) in [6.07, 6.45) is 0.328. The van der Waals surface area contributed by atoms with Crippen molar-refractivity contribution in [3.63, 3.8) is 0 Å². The van der Waals surface area contributed by atoms with Crippen LogP contribution in [0.1, 0.15) is 13.3 Å². The van der Waals surface area contributed by atoms with Crippen molar-refractivity contribution >= 4 is 11.9 Å². The van der Waals surface area contributed by atoms with Crippen LogP contribution in [0.3, 0.4) is 0 Å². The van der Waals surface area contributed by atoms with Crippen molar-refractivity contribution in [2.75, 3.05) is 5.32 Å². The average Bonchev–Trinajstić information content (AvgIpc) is 2.35. The molecule has 0 fully saturated rings. The fourth-order valence-electron chi connectivity index (χ4n) is 0.504. The van der Waals surface area contributed by atoms with Crippen LogP contribution in [0.5, 0.6) is 0 Å². The van der Waals surface area contributed by atoms with Crippen LogP contribution in [0, 0.1) is 0 Å². The van der Waals surface area contributed by atoms with Crippen molar-refractivity contribution in [3.05, 3.63) is 10.6 Å². The van der Waals surface area contributed by atoms with Crippen molar-refractivity contribution in [3.8, 4) is 0 Å². The van der Waals surface area contributed by atoms with E-state index in [1.807, 2.05) is 0 Å². The van der Waals surface area contributed by atoms with Crippen LogP contribution < -0.4 is 11.1 Å². The third-order valence-corrected chi connectivity index (χ3v) is 1.02. The van der Waals surface area contributed by atoms with Crippen LogP contribution in [-0.2, 0) is 4.79 Å². The van der Waals surface area contributed by atoms with Crippen molar-refractivity contribution in [2.45, 2.75) is 13.3 Å². The van der Waals surface area contributed by atoms with E-state index in [9.17, 15) is 9.59 Å². The maximum absolute atomic E-state index is 10.7. The third-order valence-electron chi connectivity index (χ3n) is 1.02. The number of amides is 1. The summed E-state index contributed by atoms with van der Waals surface area (Å²) < 4.78 is 4.13. The molecule has 1 aromatic rings. The van der Waals surface area contributed by atoms with E-state index in [0.29, 0.717) is 6.42 Å². The number of H-pyrrole nitrogens is 1. The van der Waals surface area contributed by atoms with E-state index >= 15 is 0 Å². The maximum Gasteiger partial charge on any atom is 0.440 e. The van der Waals surface area contributed by atoms with Gasteiger partial charge in [-0.2, -0.15) is 0 Å². The number of carbonyl (C=O) groups is 1. The minimum absolute atomic E-state index is 0.0434. The Balaban J connectivity index is 2.65. The van der Waals surface area contributed by atoms with Crippen LogP contribution in [0.15, 0.2) is 9.32 Å². The molecule has 0 aliphatic carbocycles. The molecule has 0 radical (unpaired) electrons. The lowest BCUT2D eigenvalue weighted by Gasteiger charge is -1.93. The van der Waals surface area contributed by atoms with Gasteiger partial charge in [0, 0.05) is 6.42 Å². The number of aromatic nitrogens is 2. The van der Waals surface area contributed by atoms with Gasteiger partial charge in [-0.15, -0.1) is 0 Å². The van der Waals surface area contributed by atoms with E-state index in [1.165, 1.54) is 0 Å². The Morgan fingerprint density at radius 2 is 2.55 bits per heavy atom. The van der Waals surface area contributed by atoms with Gasteiger partial charge in [0.15, 0.2) is 0 Å². The summed E-state index contributed by atoms with van der Waals surface area (Å²) in [5.74, 6) is -0.868. The van der Waals surface area contributed by atoms with Crippen LogP contribution in [0.25, 0.3) is 0 Å². The molecule has 60 valence electrons. The molecule has 0 aliphatic rings. The summed E-state index contributed by atoms with van der Waals surface area (Å²) in [4.78, 5) is 23.2. The Hall–Kier alpha value is -1.59. The molecular weight excluding hydrogens is 150 g/mol. The minimum atomic E-state index is -0.684. The van der Waals surface area contributed by atoms with Gasteiger partial charge in [-0.05, 0) is 5.16 Å². The summed E-state index contributed by atoms with van der Waals surface area (Å²) >= 11 is 0. The second-order valence-corrected chi connectivity index (χ2v) is 1.85. The molecule has 1 aromatic heterocycles. The molecule has 0 spiro atoms. The highest BCUT2D eigenvalue weighted by Crippen LogP contribution is 1.91. The predicted octanol–water partition coefficient (Wildman–Crippen LogP) is -0.289. The maximum atomic E-state index is 10.7. The van der Waals surface area contributed by atoms with Gasteiger partial charge in [0.1, 0.15) is 0 Å². The third kappa shape index (κ3) is 1.92. The van der Waals surface area contributed by atoms with Gasteiger partial charge in [-0.3, -0.25) is 19.6 Å². The smallest absolute Gasteiger partial charge is 0.294 e. The number of hydrogen-bond acceptors (Lipinski definition) is 4. The Bertz CT molecular complexity index is 300. The molecule has 0 saturated carbocycles. The first-order valence-electron chi connectivity index (χ1n) is 3.08. The van der Waals surface area contributed by atoms with Gasteiger partial charge in [0.25, 0.3) is 0 Å². The van der Waals surface area contributed by atoms with Crippen LogP contribution >= 0.6 is 0 Å². The van der Waals surface area contributed by atoms with Crippen molar-refractivity contribution < 1.29 is 9.32 Å². The molecule has 0 unspecified atom stereocenters. The molecular formula is C5H7N3O3. The summed E-state index contributed by atoms with van der Waals surface area (Å²) in [7, 11) is 0. The largest absolute Gasteiger partial charge is 0.440 e. The van der Waals surface area contributed by atoms with Crippen LogP contribution in [0.2, 0.25) is 0 Å². The van der Waals surface area contributed by atoms with Crippen LogP contribution in [-0.4, -0.2) is 16.0 Å². The molecule has 2 N–H and O–H groups in total. The normalized spacial score (nSPS) is 9.55. The van der Waals surface area contributed by atoms with Crippen molar-refractivity contribution in [2.24, 2.45) is 0 Å². The number of rotatable bonds is 2. The summed E-state index contributed by atoms with van der Waals surface area (Å²) in [6.45, 7) is 1.69. The number of aromatic amines is 1. The fourth-order valence-corrected chi connectivity index (χ4v) is 0.504. The molecule has 1 amide bonds. The van der Waals surface area contributed by atoms with Gasteiger partial charge in [0.05, 0.1) is 0 Å². The zero-order valence-corrected chi connectivity index (χ0v) is 5.88. The Labute approximate surface area is 61.6 Å². The molecule has 6 nitrogen and oxygen atoms in total. The zero-order chi connectivity index (χ0) is 8.27. The first-order chi connectivity index (χ1) is 5.22. The molecule has 1 heterocycles. The monoisotopic (exact) mass is 157 g/mol. The first-order valence-corrected chi connectivity index (χ1v) is 3.08. The van der Waals surface area contributed by atoms with Crippen molar-refractivity contribution in [1.29, 1.82) is 0 Å². The number of hydrogen-bond donors (Lipinski definition) is 2. The van der Waals surface area contributed by atoms with Gasteiger partial charge >= 0.3 is 5.76 Å². The lowest BCUT2D eigenvalue weighted by atomic mass is 10.5. The van der Waals surface area contributed by atoms with E-state index in [2.05, 4.69) is 20.0 Å². The van der Waals surface area contributed by atoms with Crippen molar-refractivity contribution in [1.82, 2.24) is 10.1 Å². The second kappa shape index (κ2) is 3.00. The predicted molar refractivity (Wildman–Crippen MR) is 36.0 cm³/mol. The Morgan fingerprint density at radius 1 is 1.82 bits per heavy atom. The van der Waals surface area contributed by atoms with E-state index in [1.54, 1.807) is 6.92 Å². The Kier molecular flexibility index (Phi) is 2.05. The quantitative estimate of drug-likeness (QED) is 0.617. The molecule has 0 saturated heterocycles. The number of nitrogens with one attached hydrogen (secondary N) is 2. The fraction of sp³-hybridized carbons (Fsp3) is 0.400. The van der Waals surface area contributed by atoms with Gasteiger partial charge < -0.3 is 0 Å². The molecule has 6 heteroatoms. The summed E-state index contributed by atoms with van der Waals surface area (Å²) in [6, 6.07) is 0. The Morgan fingerprint density at radius 3 is 3.00 bits per heavy atom. The lowest BCUT2D eigenvalue weighted by Crippen LogP contribution is -2.11. The van der Waals surface area contributed by atoms with Gasteiger partial charge in [-0.1, -0.05) is 6.92 Å². The molecule has 11 heavy (non-hydrogen) atoms. The van der Waals surface area contributed by atoms with E-state index in [4.69, 9.17) is 0 Å². The standard InChI is InChI=1S/C5H7N3O3/c1-2-3(9)6-4-7-5(10)11-8-4/h2H2,1H3,(H2,6,7,8,9,10). The van der Waals surface area contributed by atoms with E-state index in [-0.39, 0.29) is 11.9 Å². The second-order valence-electron chi connectivity index (χ2n) is 1.85. The highest BCUT2D eigenvalue weighted by atomic mass is 16.5. The van der Waals surface area contributed by atoms with Crippen LogP contribution in [0.4, 0.5) is 5.95 Å². The SMILES string of the molecule is CCC(=O)Nc1noc(=O)[nH]1. The first kappa shape index (κ1) is 7.52. The zero-order valence-electron chi connectivity index (χ0n) is 5.88. The lowest BCUT2D eigenvalue weighted by molar-refractivity contribution is -0.115. The van der Waals surface area contributed by atoms with Gasteiger partial charge in [-0.25, -0.2) is 4.79 Å². The number of carbonyl (C=O) groups excluding carboxylic acids is 1. The van der Waals surface area contributed by atoms with E-state index in [0.717, 1.165) is 0 Å². The topological polar surface area (TPSA) is 88.0 Å². The number of nitrogens with zero attached hydrogens (tertiary/aromatic N) is 1. The molecule has 0 bridgehead atoms. The van der Waals surface area contributed by atoms with E-state index < -0.39 is 5.76 Å². The van der Waals surface area contributed by atoms with Gasteiger partial charge in [0.2, 0.25) is 11.9 Å². The number of anilines is 1. The highest BCUT2D eigenvalue weighted by Gasteiger charge is 2.02. The summed E-state index contributed by atoms with van der Waals surface area (Å²) in [5, 5.41) is 5.54.